The minimum Gasteiger partial charge on any atom is -0.496 e. The molecule has 1 N–H and O–H groups in total. The Kier molecular flexibility index (Phi) is 4.58. The minimum atomic E-state index is -0.284. The summed E-state index contributed by atoms with van der Waals surface area (Å²) in [4.78, 5) is 0. The van der Waals surface area contributed by atoms with Crippen molar-refractivity contribution in [2.75, 3.05) is 13.7 Å². The van der Waals surface area contributed by atoms with Gasteiger partial charge in [0.2, 0.25) is 0 Å². The highest BCUT2D eigenvalue weighted by molar-refractivity contribution is 5.33. The van der Waals surface area contributed by atoms with E-state index >= 15 is 0 Å². The summed E-state index contributed by atoms with van der Waals surface area (Å²) in [5.74, 6) is 0.369. The molecule has 1 aromatic rings. The lowest BCUT2D eigenvalue weighted by Gasteiger charge is -2.08. The monoisotopic (exact) mass is 208 g/mol. The van der Waals surface area contributed by atoms with E-state index in [1.807, 2.05) is 6.07 Å². The van der Waals surface area contributed by atoms with Crippen molar-refractivity contribution in [1.82, 2.24) is 5.32 Å². The van der Waals surface area contributed by atoms with Gasteiger partial charge in [-0.05, 0) is 18.2 Å². The fourth-order valence-corrected chi connectivity index (χ4v) is 1.25. The summed E-state index contributed by atoms with van der Waals surface area (Å²) >= 11 is 0. The van der Waals surface area contributed by atoms with Gasteiger partial charge >= 0.3 is 0 Å². The Morgan fingerprint density at radius 2 is 2.33 bits per heavy atom. The van der Waals surface area contributed by atoms with E-state index in [2.05, 4.69) is 5.32 Å². The lowest BCUT2D eigenvalue weighted by Crippen LogP contribution is -2.14. The molecule has 0 amide bonds. The maximum absolute atomic E-state index is 12.9. The summed E-state index contributed by atoms with van der Waals surface area (Å²) < 4.78 is 18.0. The van der Waals surface area contributed by atoms with Crippen molar-refractivity contribution in [3.8, 4) is 11.8 Å². The summed E-state index contributed by atoms with van der Waals surface area (Å²) in [5.41, 5.74) is 0.760. The van der Waals surface area contributed by atoms with Gasteiger partial charge in [-0.1, -0.05) is 0 Å². The lowest BCUT2D eigenvalue weighted by atomic mass is 10.2. The minimum absolute atomic E-state index is 0.284. The molecule has 0 aliphatic carbocycles. The van der Waals surface area contributed by atoms with Crippen molar-refractivity contribution in [3.63, 3.8) is 0 Å². The van der Waals surface area contributed by atoms with Crippen LogP contribution in [0.25, 0.3) is 0 Å². The quantitative estimate of drug-likeness (QED) is 0.751. The predicted molar refractivity (Wildman–Crippen MR) is 54.9 cm³/mol. The summed E-state index contributed by atoms with van der Waals surface area (Å²) in [5, 5.41) is 11.4. The average molecular weight is 208 g/mol. The van der Waals surface area contributed by atoms with Gasteiger partial charge in [-0.15, -0.1) is 0 Å². The molecular formula is C11H13FN2O. The van der Waals surface area contributed by atoms with Crippen molar-refractivity contribution in [2.24, 2.45) is 0 Å². The first-order valence-electron chi connectivity index (χ1n) is 4.68. The van der Waals surface area contributed by atoms with E-state index in [4.69, 9.17) is 10.00 Å². The molecule has 0 spiro atoms. The van der Waals surface area contributed by atoms with Crippen molar-refractivity contribution >= 4 is 0 Å². The van der Waals surface area contributed by atoms with Gasteiger partial charge in [0.05, 0.1) is 13.2 Å². The van der Waals surface area contributed by atoms with Crippen LogP contribution in [0.15, 0.2) is 18.2 Å². The van der Waals surface area contributed by atoms with E-state index in [1.54, 1.807) is 13.2 Å². The highest BCUT2D eigenvalue weighted by Gasteiger charge is 2.03. The van der Waals surface area contributed by atoms with Crippen molar-refractivity contribution in [2.45, 2.75) is 13.0 Å². The number of hydrogen-bond acceptors (Lipinski definition) is 3. The lowest BCUT2D eigenvalue weighted by molar-refractivity contribution is 0.406. The van der Waals surface area contributed by atoms with Gasteiger partial charge in [0.25, 0.3) is 0 Å². The Morgan fingerprint density at radius 1 is 1.53 bits per heavy atom. The molecule has 1 rings (SSSR count). The van der Waals surface area contributed by atoms with Crippen LogP contribution in [-0.4, -0.2) is 13.7 Å². The zero-order chi connectivity index (χ0) is 11.1. The van der Waals surface area contributed by atoms with Gasteiger partial charge < -0.3 is 10.1 Å². The molecule has 0 aliphatic heterocycles. The zero-order valence-corrected chi connectivity index (χ0v) is 8.59. The van der Waals surface area contributed by atoms with Crippen LogP contribution in [0.2, 0.25) is 0 Å². The van der Waals surface area contributed by atoms with E-state index in [-0.39, 0.29) is 5.82 Å². The van der Waals surface area contributed by atoms with Gasteiger partial charge in [-0.2, -0.15) is 5.26 Å². The van der Waals surface area contributed by atoms with Crippen LogP contribution >= 0.6 is 0 Å². The number of halogens is 1. The summed E-state index contributed by atoms with van der Waals surface area (Å²) in [6.07, 6.45) is 0.442. The van der Waals surface area contributed by atoms with E-state index in [1.165, 1.54) is 12.1 Å². The van der Waals surface area contributed by atoms with Gasteiger partial charge in [0.1, 0.15) is 11.6 Å². The number of nitriles is 1. The Hall–Kier alpha value is -1.60. The molecule has 0 heterocycles. The maximum Gasteiger partial charge on any atom is 0.123 e. The SMILES string of the molecule is COc1ccc(F)cc1CNCCC#N. The van der Waals surface area contributed by atoms with Crippen molar-refractivity contribution in [1.29, 1.82) is 5.26 Å². The van der Waals surface area contributed by atoms with Crippen LogP contribution in [-0.2, 0) is 6.54 Å². The molecule has 0 atom stereocenters. The average Bonchev–Trinajstić information content (AvgIpc) is 2.25. The molecule has 0 bridgehead atoms. The molecule has 0 radical (unpaired) electrons. The Morgan fingerprint density at radius 3 is 3.00 bits per heavy atom. The fraction of sp³-hybridized carbons (Fsp3) is 0.364. The van der Waals surface area contributed by atoms with E-state index < -0.39 is 0 Å². The van der Waals surface area contributed by atoms with E-state index in [0.29, 0.717) is 25.3 Å². The number of ether oxygens (including phenoxy) is 1. The number of benzene rings is 1. The van der Waals surface area contributed by atoms with E-state index in [9.17, 15) is 4.39 Å². The number of nitrogens with zero attached hydrogens (tertiary/aromatic N) is 1. The third kappa shape index (κ3) is 3.56. The maximum atomic E-state index is 12.9. The third-order valence-electron chi connectivity index (χ3n) is 1.97. The predicted octanol–water partition coefficient (Wildman–Crippen LogP) is 1.84. The van der Waals surface area contributed by atoms with Crippen LogP contribution in [0.4, 0.5) is 4.39 Å². The van der Waals surface area contributed by atoms with Gasteiger partial charge in [0, 0.05) is 25.1 Å². The van der Waals surface area contributed by atoms with Gasteiger partial charge in [-0.3, -0.25) is 0 Å². The van der Waals surface area contributed by atoms with Crippen LogP contribution in [0.1, 0.15) is 12.0 Å². The van der Waals surface area contributed by atoms with Crippen LogP contribution in [0, 0.1) is 17.1 Å². The van der Waals surface area contributed by atoms with Gasteiger partial charge in [-0.25, -0.2) is 4.39 Å². The summed E-state index contributed by atoms with van der Waals surface area (Å²) in [7, 11) is 1.55. The number of methoxy groups -OCH3 is 1. The second kappa shape index (κ2) is 5.99. The number of rotatable bonds is 5. The smallest absolute Gasteiger partial charge is 0.123 e. The normalized spacial score (nSPS) is 9.67. The highest BCUT2D eigenvalue weighted by Crippen LogP contribution is 2.18. The molecule has 0 unspecified atom stereocenters. The molecule has 0 aliphatic rings. The standard InChI is InChI=1S/C11H13FN2O/c1-15-11-4-3-10(12)7-9(11)8-14-6-2-5-13/h3-4,7,14H,2,6,8H2,1H3. The molecule has 0 saturated carbocycles. The van der Waals surface area contributed by atoms with Crippen LogP contribution in [0.3, 0.4) is 0 Å². The molecular weight excluding hydrogens is 195 g/mol. The highest BCUT2D eigenvalue weighted by atomic mass is 19.1. The number of nitrogens with one attached hydrogen (secondary N) is 1. The van der Waals surface area contributed by atoms with Gasteiger partial charge in [0.15, 0.2) is 0 Å². The Bertz CT molecular complexity index is 360. The fourth-order valence-electron chi connectivity index (χ4n) is 1.25. The van der Waals surface area contributed by atoms with E-state index in [0.717, 1.165) is 5.56 Å². The third-order valence-corrected chi connectivity index (χ3v) is 1.97. The molecule has 3 nitrogen and oxygen atoms in total. The Balaban J connectivity index is 2.58. The van der Waals surface area contributed by atoms with Crippen molar-refractivity contribution < 1.29 is 9.13 Å². The number of hydrogen-bond donors (Lipinski definition) is 1. The first kappa shape index (κ1) is 11.5. The molecule has 15 heavy (non-hydrogen) atoms. The topological polar surface area (TPSA) is 45.0 Å². The molecule has 0 saturated heterocycles. The molecule has 0 aromatic heterocycles. The first-order valence-corrected chi connectivity index (χ1v) is 4.68. The summed E-state index contributed by atoms with van der Waals surface area (Å²) in [6, 6.07) is 6.41. The van der Waals surface area contributed by atoms with Crippen LogP contribution < -0.4 is 10.1 Å². The summed E-state index contributed by atoms with van der Waals surface area (Å²) in [6.45, 7) is 1.10. The zero-order valence-electron chi connectivity index (χ0n) is 8.59. The molecule has 80 valence electrons. The first-order chi connectivity index (χ1) is 7.27. The second-order valence-corrected chi connectivity index (χ2v) is 3.04. The second-order valence-electron chi connectivity index (χ2n) is 3.04. The molecule has 1 aromatic carbocycles. The van der Waals surface area contributed by atoms with Crippen molar-refractivity contribution in [3.05, 3.63) is 29.6 Å². The largest absolute Gasteiger partial charge is 0.496 e. The van der Waals surface area contributed by atoms with Crippen LogP contribution in [0.5, 0.6) is 5.75 Å². The molecule has 0 fully saturated rings. The molecule has 4 heteroatoms. The Labute approximate surface area is 88.5 Å².